The number of hydrogen-bond acceptors (Lipinski definition) is 3. The van der Waals surface area contributed by atoms with Crippen LogP contribution in [0.5, 0.6) is 0 Å². The molecule has 1 aromatic heterocycles. The van der Waals surface area contributed by atoms with Gasteiger partial charge in [0.2, 0.25) is 0 Å². The first-order valence-electron chi connectivity index (χ1n) is 7.79. The Hall–Kier alpha value is -2.60. The lowest BCUT2D eigenvalue weighted by molar-refractivity contribution is 0.590. The Morgan fingerprint density at radius 1 is 1.04 bits per heavy atom. The van der Waals surface area contributed by atoms with Crippen molar-refractivity contribution in [3.8, 4) is 5.69 Å². The Morgan fingerprint density at radius 3 is 2.54 bits per heavy atom. The van der Waals surface area contributed by atoms with Crippen LogP contribution in [0.15, 0.2) is 71.9 Å². The Bertz CT molecular complexity index is 980. The van der Waals surface area contributed by atoms with Crippen LogP contribution in [0.3, 0.4) is 0 Å². The van der Waals surface area contributed by atoms with Crippen LogP contribution in [-0.2, 0) is 10.0 Å². The average molecular weight is 339 g/mol. The van der Waals surface area contributed by atoms with Gasteiger partial charge in [0.25, 0.3) is 10.0 Å². The van der Waals surface area contributed by atoms with E-state index < -0.39 is 10.0 Å². The molecule has 0 aliphatic carbocycles. The predicted octanol–water partition coefficient (Wildman–Crippen LogP) is 3.18. The van der Waals surface area contributed by atoms with E-state index in [1.165, 1.54) is 10.5 Å². The van der Waals surface area contributed by atoms with Gasteiger partial charge in [-0.2, -0.15) is 5.10 Å². The number of nitrogens with zero attached hydrogens (tertiary/aromatic N) is 3. The van der Waals surface area contributed by atoms with Gasteiger partial charge in [0.15, 0.2) is 0 Å². The maximum absolute atomic E-state index is 13.1. The van der Waals surface area contributed by atoms with E-state index in [0.717, 1.165) is 16.9 Å². The third-order valence-corrected chi connectivity index (χ3v) is 6.08. The number of aromatic nitrogens is 2. The monoisotopic (exact) mass is 339 g/mol. The summed E-state index contributed by atoms with van der Waals surface area (Å²) in [6, 6.07) is 17.1. The molecule has 0 fully saturated rings. The number of anilines is 1. The zero-order valence-corrected chi connectivity index (χ0v) is 14.0. The Labute approximate surface area is 141 Å². The van der Waals surface area contributed by atoms with Crippen LogP contribution in [0.2, 0.25) is 0 Å². The molecule has 0 radical (unpaired) electrons. The van der Waals surface area contributed by atoms with Gasteiger partial charge in [0.05, 0.1) is 23.8 Å². The van der Waals surface area contributed by atoms with Crippen LogP contribution in [0, 0.1) is 0 Å². The molecule has 0 saturated carbocycles. The number of hydrogen-bond donors (Lipinski definition) is 0. The Kier molecular flexibility index (Phi) is 3.42. The zero-order chi connectivity index (χ0) is 16.7. The van der Waals surface area contributed by atoms with Crippen molar-refractivity contribution in [1.29, 1.82) is 0 Å². The summed E-state index contributed by atoms with van der Waals surface area (Å²) >= 11 is 0. The van der Waals surface area contributed by atoms with E-state index in [1.807, 2.05) is 61.5 Å². The van der Waals surface area contributed by atoms with E-state index in [9.17, 15) is 8.42 Å². The van der Waals surface area contributed by atoms with Crippen molar-refractivity contribution in [3.05, 3.63) is 72.6 Å². The summed E-state index contributed by atoms with van der Waals surface area (Å²) in [6.07, 6.45) is 2.98. The van der Waals surface area contributed by atoms with Crippen molar-refractivity contribution in [2.45, 2.75) is 17.7 Å². The maximum atomic E-state index is 13.1. The summed E-state index contributed by atoms with van der Waals surface area (Å²) in [7, 11) is -3.62. The molecular formula is C18H17N3O2S. The van der Waals surface area contributed by atoms with Gasteiger partial charge < -0.3 is 0 Å². The fraction of sp³-hybridized carbons (Fsp3) is 0.167. The molecule has 24 heavy (non-hydrogen) atoms. The summed E-state index contributed by atoms with van der Waals surface area (Å²) in [6.45, 7) is 2.50. The minimum absolute atomic E-state index is 0.181. The smallest absolute Gasteiger partial charge is 0.265 e. The van der Waals surface area contributed by atoms with Gasteiger partial charge in [-0.15, -0.1) is 0 Å². The van der Waals surface area contributed by atoms with Crippen molar-refractivity contribution < 1.29 is 8.42 Å². The second-order valence-electron chi connectivity index (χ2n) is 5.95. The van der Waals surface area contributed by atoms with Gasteiger partial charge in [-0.1, -0.05) is 43.3 Å². The minimum Gasteiger partial charge on any atom is -0.265 e. The topological polar surface area (TPSA) is 55.2 Å². The molecule has 1 aliphatic rings. The number of rotatable bonds is 3. The molecule has 0 unspecified atom stereocenters. The summed E-state index contributed by atoms with van der Waals surface area (Å²) in [4.78, 5) is 0.204. The first-order valence-corrected chi connectivity index (χ1v) is 9.23. The van der Waals surface area contributed by atoms with Crippen LogP contribution in [0.4, 0.5) is 5.69 Å². The van der Waals surface area contributed by atoms with E-state index in [4.69, 9.17) is 0 Å². The Balaban J connectivity index is 1.74. The second-order valence-corrected chi connectivity index (χ2v) is 7.81. The van der Waals surface area contributed by atoms with Crippen molar-refractivity contribution in [2.75, 3.05) is 10.8 Å². The predicted molar refractivity (Wildman–Crippen MR) is 93.0 cm³/mol. The highest BCUT2D eigenvalue weighted by atomic mass is 32.2. The summed E-state index contributed by atoms with van der Waals surface area (Å²) in [5, 5.41) is 4.21. The van der Waals surface area contributed by atoms with Crippen LogP contribution < -0.4 is 4.31 Å². The largest absolute Gasteiger partial charge is 0.267 e. The fourth-order valence-electron chi connectivity index (χ4n) is 3.09. The molecule has 5 nitrogen and oxygen atoms in total. The molecule has 4 rings (SSSR count). The second kappa shape index (κ2) is 5.49. The average Bonchev–Trinajstić information content (AvgIpc) is 3.22. The van der Waals surface area contributed by atoms with E-state index in [0.29, 0.717) is 6.54 Å². The van der Waals surface area contributed by atoms with E-state index in [1.54, 1.807) is 10.9 Å². The van der Waals surface area contributed by atoms with Gasteiger partial charge in [-0.25, -0.2) is 13.1 Å². The lowest BCUT2D eigenvalue weighted by Gasteiger charge is -2.18. The first kappa shape index (κ1) is 15.0. The molecule has 122 valence electrons. The normalized spacial score (nSPS) is 17.0. The molecule has 1 aliphatic heterocycles. The van der Waals surface area contributed by atoms with Crippen LogP contribution in [0.25, 0.3) is 5.69 Å². The molecule has 1 atom stereocenters. The molecule has 0 N–H and O–H groups in total. The van der Waals surface area contributed by atoms with Gasteiger partial charge >= 0.3 is 0 Å². The molecule has 0 bridgehead atoms. The van der Waals surface area contributed by atoms with Gasteiger partial charge in [-0.3, -0.25) is 4.31 Å². The molecule has 3 aromatic rings. The maximum Gasteiger partial charge on any atom is 0.267 e. The molecule has 6 heteroatoms. The molecule has 0 saturated heterocycles. The molecular weight excluding hydrogens is 322 g/mol. The highest BCUT2D eigenvalue weighted by molar-refractivity contribution is 7.92. The Morgan fingerprint density at radius 2 is 1.75 bits per heavy atom. The first-order chi connectivity index (χ1) is 11.6. The molecule has 2 heterocycles. The standard InChI is InChI=1S/C18H17N3O2S/c1-14-12-21(18-10-6-5-9-17(14)18)24(22,23)16-11-19-20(13-16)15-7-3-2-4-8-15/h2-11,13-14H,12H2,1H3/t14-/m1/s1. The summed E-state index contributed by atoms with van der Waals surface area (Å²) in [5.74, 6) is 0.181. The van der Waals surface area contributed by atoms with Gasteiger partial charge in [-0.05, 0) is 23.8 Å². The summed E-state index contributed by atoms with van der Waals surface area (Å²) < 4.78 is 29.2. The SMILES string of the molecule is C[C@@H]1CN(S(=O)(=O)c2cnn(-c3ccccc3)c2)c2ccccc21. The number of sulfonamides is 1. The third-order valence-electron chi connectivity index (χ3n) is 4.34. The van der Waals surface area contributed by atoms with Crippen LogP contribution >= 0.6 is 0 Å². The van der Waals surface area contributed by atoms with E-state index >= 15 is 0 Å². The number of para-hydroxylation sites is 2. The van der Waals surface area contributed by atoms with E-state index in [2.05, 4.69) is 5.10 Å². The lowest BCUT2D eigenvalue weighted by Crippen LogP contribution is -2.29. The van der Waals surface area contributed by atoms with Crippen LogP contribution in [-0.4, -0.2) is 24.7 Å². The summed E-state index contributed by atoms with van der Waals surface area (Å²) in [5.41, 5.74) is 2.66. The number of fused-ring (bicyclic) bond motifs is 1. The van der Waals surface area contributed by atoms with Crippen molar-refractivity contribution in [1.82, 2.24) is 9.78 Å². The highest BCUT2D eigenvalue weighted by Crippen LogP contribution is 2.39. The van der Waals surface area contributed by atoms with Crippen LogP contribution in [0.1, 0.15) is 18.4 Å². The third kappa shape index (κ3) is 2.30. The van der Waals surface area contributed by atoms with Gasteiger partial charge in [0.1, 0.15) is 4.90 Å². The lowest BCUT2D eigenvalue weighted by atomic mass is 10.0. The van der Waals surface area contributed by atoms with E-state index in [-0.39, 0.29) is 10.8 Å². The van der Waals surface area contributed by atoms with Crippen molar-refractivity contribution >= 4 is 15.7 Å². The van der Waals surface area contributed by atoms with Crippen molar-refractivity contribution in [2.24, 2.45) is 0 Å². The number of benzene rings is 2. The minimum atomic E-state index is -3.62. The highest BCUT2D eigenvalue weighted by Gasteiger charge is 2.35. The fourth-order valence-corrected chi connectivity index (χ4v) is 4.61. The van der Waals surface area contributed by atoms with Crippen molar-refractivity contribution in [3.63, 3.8) is 0 Å². The molecule has 0 spiro atoms. The molecule has 2 aromatic carbocycles. The molecule has 0 amide bonds. The quantitative estimate of drug-likeness (QED) is 0.736. The van der Waals surface area contributed by atoms with Gasteiger partial charge in [0, 0.05) is 12.5 Å². The zero-order valence-electron chi connectivity index (χ0n) is 13.2.